The first-order valence-corrected chi connectivity index (χ1v) is 11.0. The molecule has 0 aliphatic carbocycles. The fourth-order valence-corrected chi connectivity index (χ4v) is 4.18. The number of carbonyl (C=O) groups excluding carboxylic acids is 3. The average molecular weight is 479 g/mol. The zero-order valence-electron chi connectivity index (χ0n) is 18.0. The second-order valence-electron chi connectivity index (χ2n) is 7.86. The third-order valence-corrected chi connectivity index (χ3v) is 6.05. The van der Waals surface area contributed by atoms with Crippen molar-refractivity contribution in [1.82, 2.24) is 5.32 Å². The van der Waals surface area contributed by atoms with E-state index in [0.29, 0.717) is 27.7 Å². The van der Waals surface area contributed by atoms with Crippen LogP contribution in [0.1, 0.15) is 27.8 Å². The molecule has 1 heterocycles. The summed E-state index contributed by atoms with van der Waals surface area (Å²) in [7, 11) is 0. The molecular formula is C26H20Cl2N2O3. The minimum absolute atomic E-state index is 0.155. The molecule has 0 unspecified atom stereocenters. The van der Waals surface area contributed by atoms with Crippen LogP contribution in [0, 0.1) is 13.8 Å². The lowest BCUT2D eigenvalue weighted by atomic mass is 9.97. The summed E-state index contributed by atoms with van der Waals surface area (Å²) in [5.74, 6) is -1.45. The molecule has 166 valence electrons. The molecule has 0 bridgehead atoms. The van der Waals surface area contributed by atoms with Crippen molar-refractivity contribution in [2.24, 2.45) is 0 Å². The van der Waals surface area contributed by atoms with E-state index in [1.54, 1.807) is 37.3 Å². The molecule has 4 rings (SSSR count). The van der Waals surface area contributed by atoms with Crippen molar-refractivity contribution in [2.45, 2.75) is 20.3 Å². The van der Waals surface area contributed by atoms with Crippen LogP contribution in [0.15, 0.2) is 66.2 Å². The predicted molar refractivity (Wildman–Crippen MR) is 131 cm³/mol. The SMILES string of the molecule is Cc1ccc(N2C(=O)NC(=O)/C(=C\c3cc(Cl)ccc3Cc3ccccc3Cl)C2=O)c(C)c1. The first-order valence-electron chi connectivity index (χ1n) is 10.2. The topological polar surface area (TPSA) is 66.5 Å². The van der Waals surface area contributed by atoms with E-state index in [0.717, 1.165) is 27.2 Å². The number of hydrogen-bond donors (Lipinski definition) is 1. The summed E-state index contributed by atoms with van der Waals surface area (Å²) in [6.07, 6.45) is 1.95. The predicted octanol–water partition coefficient (Wildman–Crippen LogP) is 5.87. The van der Waals surface area contributed by atoms with Gasteiger partial charge in [-0.05, 0) is 72.9 Å². The summed E-state index contributed by atoms with van der Waals surface area (Å²) < 4.78 is 0. The zero-order chi connectivity index (χ0) is 23.7. The van der Waals surface area contributed by atoms with Crippen LogP contribution >= 0.6 is 23.2 Å². The van der Waals surface area contributed by atoms with Crippen LogP contribution in [0.5, 0.6) is 0 Å². The first kappa shape index (κ1) is 22.8. The molecule has 0 saturated carbocycles. The number of amides is 4. The average Bonchev–Trinajstić information content (AvgIpc) is 2.75. The van der Waals surface area contributed by atoms with E-state index in [-0.39, 0.29) is 5.57 Å². The molecule has 0 radical (unpaired) electrons. The zero-order valence-corrected chi connectivity index (χ0v) is 19.5. The number of nitrogens with zero attached hydrogens (tertiary/aromatic N) is 1. The van der Waals surface area contributed by atoms with Crippen molar-refractivity contribution in [2.75, 3.05) is 4.90 Å². The number of hydrogen-bond acceptors (Lipinski definition) is 3. The Morgan fingerprint density at radius 3 is 2.39 bits per heavy atom. The van der Waals surface area contributed by atoms with E-state index in [1.807, 2.05) is 37.3 Å². The number of carbonyl (C=O) groups is 3. The fourth-order valence-electron chi connectivity index (χ4n) is 3.80. The summed E-state index contributed by atoms with van der Waals surface area (Å²) in [5.41, 5.74) is 4.32. The molecule has 0 spiro atoms. The summed E-state index contributed by atoms with van der Waals surface area (Å²) in [5, 5.41) is 3.34. The van der Waals surface area contributed by atoms with Crippen molar-refractivity contribution in [3.8, 4) is 0 Å². The lowest BCUT2D eigenvalue weighted by Crippen LogP contribution is -2.54. The molecule has 7 heteroatoms. The number of barbiturate groups is 1. The van der Waals surface area contributed by atoms with Crippen molar-refractivity contribution >= 4 is 52.8 Å². The Bertz CT molecular complexity index is 1330. The highest BCUT2D eigenvalue weighted by Gasteiger charge is 2.37. The molecule has 3 aromatic rings. The third kappa shape index (κ3) is 4.70. The number of imide groups is 2. The van der Waals surface area contributed by atoms with Gasteiger partial charge in [0.05, 0.1) is 5.69 Å². The molecule has 1 aliphatic heterocycles. The van der Waals surface area contributed by atoms with E-state index < -0.39 is 17.8 Å². The number of aryl methyl sites for hydroxylation is 2. The van der Waals surface area contributed by atoms with Crippen molar-refractivity contribution in [3.63, 3.8) is 0 Å². The Labute approximate surface area is 201 Å². The van der Waals surface area contributed by atoms with Crippen LogP contribution in [-0.2, 0) is 16.0 Å². The molecule has 3 aromatic carbocycles. The fraction of sp³-hybridized carbons (Fsp3) is 0.115. The number of anilines is 1. The van der Waals surface area contributed by atoms with Crippen LogP contribution in [0.3, 0.4) is 0 Å². The van der Waals surface area contributed by atoms with E-state index in [4.69, 9.17) is 23.2 Å². The molecule has 1 aliphatic rings. The van der Waals surface area contributed by atoms with Crippen molar-refractivity contribution in [1.29, 1.82) is 0 Å². The van der Waals surface area contributed by atoms with Gasteiger partial charge in [0.15, 0.2) is 0 Å². The molecule has 0 aromatic heterocycles. The summed E-state index contributed by atoms with van der Waals surface area (Å²) in [6, 6.07) is 17.3. The summed E-state index contributed by atoms with van der Waals surface area (Å²) in [6.45, 7) is 3.73. The minimum Gasteiger partial charge on any atom is -0.273 e. The molecule has 4 amide bonds. The number of nitrogens with one attached hydrogen (secondary N) is 1. The second-order valence-corrected chi connectivity index (χ2v) is 8.70. The third-order valence-electron chi connectivity index (χ3n) is 5.44. The highest BCUT2D eigenvalue weighted by atomic mass is 35.5. The van der Waals surface area contributed by atoms with Crippen molar-refractivity contribution in [3.05, 3.63) is 104 Å². The largest absolute Gasteiger partial charge is 0.335 e. The van der Waals surface area contributed by atoms with Gasteiger partial charge >= 0.3 is 6.03 Å². The smallest absolute Gasteiger partial charge is 0.273 e. The van der Waals surface area contributed by atoms with Gasteiger partial charge in [-0.25, -0.2) is 9.69 Å². The van der Waals surface area contributed by atoms with Crippen LogP contribution in [0.4, 0.5) is 10.5 Å². The monoisotopic (exact) mass is 478 g/mol. The molecule has 1 saturated heterocycles. The highest BCUT2D eigenvalue weighted by Crippen LogP contribution is 2.28. The maximum atomic E-state index is 13.3. The number of halogens is 2. The standard InChI is InChI=1S/C26H20Cl2N2O3/c1-15-7-10-23(16(2)11-15)30-25(32)21(24(31)29-26(30)33)14-19-13-20(27)9-8-17(19)12-18-5-3-4-6-22(18)28/h3-11,13-14H,12H2,1-2H3,(H,29,31,33)/b21-14+. The van der Waals surface area contributed by atoms with Crippen LogP contribution < -0.4 is 10.2 Å². The van der Waals surface area contributed by atoms with E-state index >= 15 is 0 Å². The lowest BCUT2D eigenvalue weighted by molar-refractivity contribution is -0.122. The van der Waals surface area contributed by atoms with Gasteiger partial charge in [0.25, 0.3) is 11.8 Å². The van der Waals surface area contributed by atoms with E-state index in [2.05, 4.69) is 5.32 Å². The van der Waals surface area contributed by atoms with Gasteiger partial charge < -0.3 is 0 Å². The van der Waals surface area contributed by atoms with Crippen LogP contribution in [-0.4, -0.2) is 17.8 Å². The number of urea groups is 1. The van der Waals surface area contributed by atoms with Crippen LogP contribution in [0.2, 0.25) is 10.0 Å². The van der Waals surface area contributed by atoms with E-state index in [9.17, 15) is 14.4 Å². The Balaban J connectivity index is 1.77. The number of rotatable bonds is 4. The van der Waals surface area contributed by atoms with Crippen molar-refractivity contribution < 1.29 is 14.4 Å². The van der Waals surface area contributed by atoms with Gasteiger partial charge in [-0.2, -0.15) is 0 Å². The van der Waals surface area contributed by atoms with Gasteiger partial charge in [-0.1, -0.05) is 65.2 Å². The van der Waals surface area contributed by atoms with Crippen LogP contribution in [0.25, 0.3) is 6.08 Å². The minimum atomic E-state index is -0.781. The summed E-state index contributed by atoms with van der Waals surface area (Å²) in [4.78, 5) is 39.5. The Morgan fingerprint density at radius 2 is 1.67 bits per heavy atom. The molecular weight excluding hydrogens is 459 g/mol. The highest BCUT2D eigenvalue weighted by molar-refractivity contribution is 6.39. The van der Waals surface area contributed by atoms with Gasteiger partial charge in [-0.3, -0.25) is 14.9 Å². The maximum Gasteiger partial charge on any atom is 0.335 e. The summed E-state index contributed by atoms with van der Waals surface area (Å²) >= 11 is 12.5. The maximum absolute atomic E-state index is 13.3. The van der Waals surface area contributed by atoms with Gasteiger partial charge in [0.2, 0.25) is 0 Å². The normalized spacial score (nSPS) is 15.2. The molecule has 0 atom stereocenters. The quantitative estimate of drug-likeness (QED) is 0.376. The van der Waals surface area contributed by atoms with Gasteiger partial charge in [0, 0.05) is 10.0 Å². The van der Waals surface area contributed by atoms with Gasteiger partial charge in [-0.15, -0.1) is 0 Å². The molecule has 1 fully saturated rings. The Kier molecular flexibility index (Phi) is 6.36. The van der Waals surface area contributed by atoms with E-state index in [1.165, 1.54) is 6.08 Å². The lowest BCUT2D eigenvalue weighted by Gasteiger charge is -2.27. The molecule has 5 nitrogen and oxygen atoms in total. The first-order chi connectivity index (χ1) is 15.7. The number of benzene rings is 3. The Hall–Kier alpha value is -3.41. The van der Waals surface area contributed by atoms with Gasteiger partial charge in [0.1, 0.15) is 5.57 Å². The second kappa shape index (κ2) is 9.22. The Morgan fingerprint density at radius 1 is 0.909 bits per heavy atom. The molecule has 1 N–H and O–H groups in total. The molecule has 33 heavy (non-hydrogen) atoms.